The molecule has 3 nitrogen and oxygen atoms in total. The molecule has 0 bridgehead atoms. The van der Waals surface area contributed by atoms with Crippen LogP contribution in [0.2, 0.25) is 0 Å². The van der Waals surface area contributed by atoms with Gasteiger partial charge in [0.05, 0.1) is 11.9 Å². The van der Waals surface area contributed by atoms with Crippen molar-refractivity contribution in [1.29, 1.82) is 0 Å². The van der Waals surface area contributed by atoms with Crippen LogP contribution in [0.5, 0.6) is 0 Å². The van der Waals surface area contributed by atoms with Crippen LogP contribution in [-0.2, 0) is 11.2 Å². The molecule has 0 radical (unpaired) electrons. The van der Waals surface area contributed by atoms with Gasteiger partial charge in [-0.2, -0.15) is 0 Å². The Bertz CT molecular complexity index is 840. The van der Waals surface area contributed by atoms with Gasteiger partial charge in [-0.25, -0.2) is 4.39 Å². The van der Waals surface area contributed by atoms with E-state index in [9.17, 15) is 9.18 Å². The average Bonchev–Trinajstić information content (AvgIpc) is 2.51. The summed E-state index contributed by atoms with van der Waals surface area (Å²) in [6, 6.07) is 13.9. The van der Waals surface area contributed by atoms with E-state index in [1.807, 2.05) is 37.3 Å². The van der Waals surface area contributed by atoms with Crippen molar-refractivity contribution in [2.75, 3.05) is 5.32 Å². The maximum absolute atomic E-state index is 13.3. The summed E-state index contributed by atoms with van der Waals surface area (Å²) in [4.78, 5) is 16.6. The minimum absolute atomic E-state index is 0.188. The van der Waals surface area contributed by atoms with E-state index in [0.29, 0.717) is 5.69 Å². The van der Waals surface area contributed by atoms with Gasteiger partial charge in [-0.1, -0.05) is 30.3 Å². The van der Waals surface area contributed by atoms with Crippen LogP contribution in [0.4, 0.5) is 10.1 Å². The fraction of sp³-hybridized carbons (Fsp3) is 0.111. The summed E-state index contributed by atoms with van der Waals surface area (Å²) in [5, 5.41) is 3.75. The number of hydrogen-bond acceptors (Lipinski definition) is 2. The first-order valence-electron chi connectivity index (χ1n) is 7.02. The number of nitrogens with zero attached hydrogens (tertiary/aromatic N) is 1. The van der Waals surface area contributed by atoms with Crippen molar-refractivity contribution < 1.29 is 9.18 Å². The van der Waals surface area contributed by atoms with Gasteiger partial charge in [0.15, 0.2) is 0 Å². The number of benzene rings is 2. The van der Waals surface area contributed by atoms with E-state index in [0.717, 1.165) is 22.0 Å². The lowest BCUT2D eigenvalue weighted by molar-refractivity contribution is -0.115. The Morgan fingerprint density at radius 2 is 2.00 bits per heavy atom. The molecule has 0 atom stereocenters. The molecule has 1 amide bonds. The molecular formula is C18H15FN2O. The molecule has 0 spiro atoms. The summed E-state index contributed by atoms with van der Waals surface area (Å²) in [5.41, 5.74) is 2.99. The van der Waals surface area contributed by atoms with E-state index < -0.39 is 0 Å². The summed E-state index contributed by atoms with van der Waals surface area (Å²) >= 11 is 0. The topological polar surface area (TPSA) is 42.0 Å². The van der Waals surface area contributed by atoms with Crippen LogP contribution in [0.15, 0.2) is 54.7 Å². The van der Waals surface area contributed by atoms with Crippen LogP contribution in [-0.4, -0.2) is 10.9 Å². The number of carbonyl (C=O) groups is 1. The highest BCUT2D eigenvalue weighted by atomic mass is 19.1. The molecule has 4 heteroatoms. The van der Waals surface area contributed by atoms with Gasteiger partial charge in [-0.15, -0.1) is 0 Å². The predicted octanol–water partition coefficient (Wildman–Crippen LogP) is 3.86. The maximum atomic E-state index is 13.3. The zero-order chi connectivity index (χ0) is 15.5. The van der Waals surface area contributed by atoms with Crippen LogP contribution >= 0.6 is 0 Å². The molecule has 0 aliphatic heterocycles. The SMILES string of the molecule is Cc1ccc(F)cc1NC(=O)Cc1cccc2cccnc12. The second-order valence-corrected chi connectivity index (χ2v) is 5.18. The van der Waals surface area contributed by atoms with Crippen LogP contribution in [0.1, 0.15) is 11.1 Å². The first-order valence-corrected chi connectivity index (χ1v) is 7.02. The van der Waals surface area contributed by atoms with E-state index in [1.54, 1.807) is 12.3 Å². The number of fused-ring (bicyclic) bond motifs is 1. The Kier molecular flexibility index (Phi) is 3.83. The van der Waals surface area contributed by atoms with Crippen molar-refractivity contribution >= 4 is 22.5 Å². The quantitative estimate of drug-likeness (QED) is 0.797. The molecule has 0 fully saturated rings. The van der Waals surface area contributed by atoms with Gasteiger partial charge in [0.2, 0.25) is 5.91 Å². The standard InChI is InChI=1S/C18H15FN2O/c1-12-7-8-15(19)11-16(12)21-17(22)10-14-5-2-4-13-6-3-9-20-18(13)14/h2-9,11H,10H2,1H3,(H,21,22). The first-order chi connectivity index (χ1) is 10.6. The number of rotatable bonds is 3. The Labute approximate surface area is 127 Å². The lowest BCUT2D eigenvalue weighted by atomic mass is 10.1. The average molecular weight is 294 g/mol. The van der Waals surface area contributed by atoms with E-state index in [4.69, 9.17) is 0 Å². The Hall–Kier alpha value is -2.75. The summed E-state index contributed by atoms with van der Waals surface area (Å²) in [6.45, 7) is 1.83. The normalized spacial score (nSPS) is 10.6. The number of pyridine rings is 1. The van der Waals surface area contributed by atoms with E-state index >= 15 is 0 Å². The molecule has 2 aromatic carbocycles. The van der Waals surface area contributed by atoms with Crippen LogP contribution in [0.3, 0.4) is 0 Å². The third kappa shape index (κ3) is 2.96. The molecule has 3 rings (SSSR count). The van der Waals surface area contributed by atoms with Gasteiger partial charge in [-0.05, 0) is 36.2 Å². The predicted molar refractivity (Wildman–Crippen MR) is 85.2 cm³/mol. The van der Waals surface area contributed by atoms with Gasteiger partial charge in [0.25, 0.3) is 0 Å². The second-order valence-electron chi connectivity index (χ2n) is 5.18. The molecule has 0 unspecified atom stereocenters. The summed E-state index contributed by atoms with van der Waals surface area (Å²) < 4.78 is 13.3. The summed E-state index contributed by atoms with van der Waals surface area (Å²) in [5.74, 6) is -0.556. The third-order valence-corrected chi connectivity index (χ3v) is 3.54. The summed E-state index contributed by atoms with van der Waals surface area (Å²) in [7, 11) is 0. The first kappa shape index (κ1) is 14.2. The molecule has 22 heavy (non-hydrogen) atoms. The van der Waals surface area contributed by atoms with Gasteiger partial charge >= 0.3 is 0 Å². The number of aromatic nitrogens is 1. The number of amides is 1. The lowest BCUT2D eigenvalue weighted by Gasteiger charge is -2.09. The van der Waals surface area contributed by atoms with Crippen LogP contribution < -0.4 is 5.32 Å². The molecule has 1 N–H and O–H groups in total. The number of nitrogens with one attached hydrogen (secondary N) is 1. The number of para-hydroxylation sites is 1. The molecule has 110 valence electrons. The minimum atomic E-state index is -0.368. The molecule has 3 aromatic rings. The molecular weight excluding hydrogens is 279 g/mol. The van der Waals surface area contributed by atoms with E-state index in [1.165, 1.54) is 12.1 Å². The molecule has 1 heterocycles. The molecule has 0 saturated carbocycles. The second kappa shape index (κ2) is 5.93. The zero-order valence-corrected chi connectivity index (χ0v) is 12.1. The van der Waals surface area contributed by atoms with Crippen molar-refractivity contribution in [2.45, 2.75) is 13.3 Å². The fourth-order valence-corrected chi connectivity index (χ4v) is 2.41. The molecule has 0 aliphatic carbocycles. The van der Waals surface area contributed by atoms with Crippen LogP contribution in [0, 0.1) is 12.7 Å². The zero-order valence-electron chi connectivity index (χ0n) is 12.1. The lowest BCUT2D eigenvalue weighted by Crippen LogP contribution is -2.15. The van der Waals surface area contributed by atoms with Crippen molar-refractivity contribution in [2.24, 2.45) is 0 Å². The van der Waals surface area contributed by atoms with Gasteiger partial charge in [-0.3, -0.25) is 9.78 Å². The Balaban J connectivity index is 1.83. The largest absolute Gasteiger partial charge is 0.325 e. The van der Waals surface area contributed by atoms with Crippen molar-refractivity contribution in [3.63, 3.8) is 0 Å². The monoisotopic (exact) mass is 294 g/mol. The number of halogens is 1. The highest BCUT2D eigenvalue weighted by Gasteiger charge is 2.10. The highest BCUT2D eigenvalue weighted by molar-refractivity contribution is 5.95. The van der Waals surface area contributed by atoms with Gasteiger partial charge in [0.1, 0.15) is 5.82 Å². The van der Waals surface area contributed by atoms with E-state index in [-0.39, 0.29) is 18.1 Å². The maximum Gasteiger partial charge on any atom is 0.228 e. The van der Waals surface area contributed by atoms with Gasteiger partial charge < -0.3 is 5.32 Å². The number of hydrogen-bond donors (Lipinski definition) is 1. The highest BCUT2D eigenvalue weighted by Crippen LogP contribution is 2.19. The Morgan fingerprint density at radius 1 is 1.18 bits per heavy atom. The molecule has 0 aliphatic rings. The smallest absolute Gasteiger partial charge is 0.228 e. The van der Waals surface area contributed by atoms with E-state index in [2.05, 4.69) is 10.3 Å². The van der Waals surface area contributed by atoms with Crippen LogP contribution in [0.25, 0.3) is 10.9 Å². The number of anilines is 1. The summed E-state index contributed by atoms with van der Waals surface area (Å²) in [6.07, 6.45) is 1.91. The Morgan fingerprint density at radius 3 is 2.86 bits per heavy atom. The number of carbonyl (C=O) groups excluding carboxylic acids is 1. The van der Waals surface area contributed by atoms with Crippen molar-refractivity contribution in [3.05, 3.63) is 71.7 Å². The fourth-order valence-electron chi connectivity index (χ4n) is 2.41. The molecule has 0 saturated heterocycles. The molecule has 1 aromatic heterocycles. The van der Waals surface area contributed by atoms with Gasteiger partial charge in [0, 0.05) is 17.3 Å². The van der Waals surface area contributed by atoms with Crippen molar-refractivity contribution in [1.82, 2.24) is 4.98 Å². The number of aryl methyl sites for hydroxylation is 1. The minimum Gasteiger partial charge on any atom is -0.325 e. The van der Waals surface area contributed by atoms with Crippen molar-refractivity contribution in [3.8, 4) is 0 Å². The third-order valence-electron chi connectivity index (χ3n) is 3.54.